The van der Waals surface area contributed by atoms with Crippen molar-refractivity contribution in [2.24, 2.45) is 16.6 Å². The highest BCUT2D eigenvalue weighted by atomic mass is 127. The van der Waals surface area contributed by atoms with E-state index in [4.69, 9.17) is 10.8 Å². The van der Waals surface area contributed by atoms with E-state index in [9.17, 15) is 0 Å². The zero-order chi connectivity index (χ0) is 14.6. The molecule has 0 radical (unpaired) electrons. The van der Waals surface area contributed by atoms with Gasteiger partial charge in [-0.3, -0.25) is 9.98 Å². The molecule has 1 atom stereocenters. The van der Waals surface area contributed by atoms with Crippen molar-refractivity contribution >= 4 is 29.9 Å². The van der Waals surface area contributed by atoms with Crippen molar-refractivity contribution in [1.82, 2.24) is 10.3 Å². The Kier molecular flexibility index (Phi) is 12.3. The van der Waals surface area contributed by atoms with E-state index in [1.165, 1.54) is 0 Å². The molecule has 1 aromatic heterocycles. The Labute approximate surface area is 144 Å². The summed E-state index contributed by atoms with van der Waals surface area (Å²) >= 11 is 0. The third-order valence-corrected chi connectivity index (χ3v) is 3.17. The number of aliphatic imine (C=N–C) groups is 1. The second kappa shape index (κ2) is 12.8. The number of nitrogens with zero attached hydrogens (tertiary/aromatic N) is 2. The van der Waals surface area contributed by atoms with Gasteiger partial charge in [0.05, 0.1) is 0 Å². The fourth-order valence-corrected chi connectivity index (χ4v) is 2.07. The summed E-state index contributed by atoms with van der Waals surface area (Å²) in [6, 6.07) is 5.87. The first-order valence-electron chi connectivity index (χ1n) is 7.30. The predicted octanol–water partition coefficient (Wildman–Crippen LogP) is 1.95. The normalized spacial score (nSPS) is 12.6. The number of guanidine groups is 1. The van der Waals surface area contributed by atoms with Crippen LogP contribution in [0, 0.1) is 5.92 Å². The Bertz CT molecular complexity index is 381. The molecule has 0 aromatic carbocycles. The molecule has 120 valence electrons. The van der Waals surface area contributed by atoms with Gasteiger partial charge in [0.15, 0.2) is 5.96 Å². The van der Waals surface area contributed by atoms with Crippen LogP contribution in [0.25, 0.3) is 0 Å². The van der Waals surface area contributed by atoms with Gasteiger partial charge in [-0.1, -0.05) is 19.4 Å². The molecule has 0 saturated carbocycles. The van der Waals surface area contributed by atoms with Gasteiger partial charge in [0.2, 0.25) is 0 Å². The van der Waals surface area contributed by atoms with Gasteiger partial charge in [-0.05, 0) is 30.9 Å². The molecule has 0 fully saturated rings. The maximum Gasteiger partial charge on any atom is 0.188 e. The topological polar surface area (TPSA) is 83.5 Å². The third-order valence-electron chi connectivity index (χ3n) is 3.17. The smallest absolute Gasteiger partial charge is 0.188 e. The largest absolute Gasteiger partial charge is 0.396 e. The summed E-state index contributed by atoms with van der Waals surface area (Å²) in [6.07, 6.45) is 5.58. The van der Waals surface area contributed by atoms with E-state index in [1.54, 1.807) is 6.20 Å². The summed E-state index contributed by atoms with van der Waals surface area (Å²) in [5.41, 5.74) is 6.87. The van der Waals surface area contributed by atoms with Crippen molar-refractivity contribution in [3.8, 4) is 0 Å². The van der Waals surface area contributed by atoms with E-state index in [0.29, 0.717) is 18.4 Å². The minimum absolute atomic E-state index is 0. The van der Waals surface area contributed by atoms with Crippen molar-refractivity contribution < 1.29 is 5.11 Å². The molecule has 5 nitrogen and oxygen atoms in total. The van der Waals surface area contributed by atoms with Gasteiger partial charge >= 0.3 is 0 Å². The molecule has 0 aliphatic carbocycles. The Balaban J connectivity index is 0.00000400. The first kappa shape index (κ1) is 20.1. The second-order valence-electron chi connectivity index (χ2n) is 4.89. The lowest BCUT2D eigenvalue weighted by atomic mass is 10.0. The van der Waals surface area contributed by atoms with Gasteiger partial charge < -0.3 is 16.2 Å². The van der Waals surface area contributed by atoms with Gasteiger partial charge in [-0.25, -0.2) is 0 Å². The van der Waals surface area contributed by atoms with Gasteiger partial charge in [0.25, 0.3) is 0 Å². The molecule has 1 rings (SSSR count). The molecule has 4 N–H and O–H groups in total. The average molecular weight is 406 g/mol. The SMILES string of the molecule is CCCC(CCO)CN=C(N)NCCc1ccccn1.I. The quantitative estimate of drug-likeness (QED) is 0.333. The van der Waals surface area contributed by atoms with Crippen molar-refractivity contribution in [3.63, 3.8) is 0 Å². The van der Waals surface area contributed by atoms with E-state index >= 15 is 0 Å². The molecular formula is C15H27IN4O. The number of rotatable bonds is 9. The number of aromatic nitrogens is 1. The monoisotopic (exact) mass is 406 g/mol. The second-order valence-corrected chi connectivity index (χ2v) is 4.89. The van der Waals surface area contributed by atoms with Crippen LogP contribution >= 0.6 is 24.0 Å². The van der Waals surface area contributed by atoms with Crippen LogP contribution in [0.15, 0.2) is 29.4 Å². The van der Waals surface area contributed by atoms with Crippen LogP contribution in [-0.2, 0) is 6.42 Å². The molecule has 0 saturated heterocycles. The van der Waals surface area contributed by atoms with E-state index in [-0.39, 0.29) is 30.6 Å². The Morgan fingerprint density at radius 3 is 2.86 bits per heavy atom. The minimum Gasteiger partial charge on any atom is -0.396 e. The van der Waals surface area contributed by atoms with E-state index in [2.05, 4.69) is 22.2 Å². The number of nitrogens with one attached hydrogen (secondary N) is 1. The third kappa shape index (κ3) is 9.62. The lowest BCUT2D eigenvalue weighted by Gasteiger charge is -2.12. The molecule has 0 amide bonds. The Morgan fingerprint density at radius 2 is 2.24 bits per heavy atom. The van der Waals surface area contributed by atoms with Crippen molar-refractivity contribution in [2.45, 2.75) is 32.6 Å². The van der Waals surface area contributed by atoms with E-state index in [0.717, 1.165) is 37.9 Å². The van der Waals surface area contributed by atoms with Crippen molar-refractivity contribution in [1.29, 1.82) is 0 Å². The molecule has 1 aromatic rings. The van der Waals surface area contributed by atoms with Crippen LogP contribution in [-0.4, -0.2) is 35.7 Å². The fraction of sp³-hybridized carbons (Fsp3) is 0.600. The van der Waals surface area contributed by atoms with Crippen LogP contribution in [0.5, 0.6) is 0 Å². The van der Waals surface area contributed by atoms with Gasteiger partial charge in [-0.15, -0.1) is 24.0 Å². The lowest BCUT2D eigenvalue weighted by molar-refractivity contribution is 0.253. The van der Waals surface area contributed by atoms with Gasteiger partial charge in [0, 0.05) is 38.0 Å². The van der Waals surface area contributed by atoms with Crippen LogP contribution < -0.4 is 11.1 Å². The molecule has 0 aliphatic rings. The number of nitrogens with two attached hydrogens (primary N) is 1. The molecule has 6 heteroatoms. The molecule has 21 heavy (non-hydrogen) atoms. The standard InChI is InChI=1S/C15H26N4O.HI/c1-2-5-13(8-11-20)12-19-15(16)18-10-7-14-6-3-4-9-17-14;/h3-4,6,9,13,20H,2,5,7-8,10-12H2,1H3,(H3,16,18,19);1H. The highest BCUT2D eigenvalue weighted by Crippen LogP contribution is 2.10. The summed E-state index contributed by atoms with van der Waals surface area (Å²) in [7, 11) is 0. The number of pyridine rings is 1. The number of aliphatic hydroxyl groups is 1. The fourth-order valence-electron chi connectivity index (χ4n) is 2.07. The van der Waals surface area contributed by atoms with Crippen LogP contribution in [0.2, 0.25) is 0 Å². The highest BCUT2D eigenvalue weighted by Gasteiger charge is 2.06. The lowest BCUT2D eigenvalue weighted by Crippen LogP contribution is -2.34. The van der Waals surface area contributed by atoms with Gasteiger partial charge in [-0.2, -0.15) is 0 Å². The van der Waals surface area contributed by atoms with Gasteiger partial charge in [0.1, 0.15) is 0 Å². The summed E-state index contributed by atoms with van der Waals surface area (Å²) in [5, 5.41) is 12.1. The summed E-state index contributed by atoms with van der Waals surface area (Å²) < 4.78 is 0. The zero-order valence-corrected chi connectivity index (χ0v) is 15.0. The number of hydrogen-bond donors (Lipinski definition) is 3. The van der Waals surface area contributed by atoms with E-state index in [1.807, 2.05) is 18.2 Å². The average Bonchev–Trinajstić information content (AvgIpc) is 2.46. The zero-order valence-electron chi connectivity index (χ0n) is 12.7. The highest BCUT2D eigenvalue weighted by molar-refractivity contribution is 14.0. The Hall–Kier alpha value is -0.890. The predicted molar refractivity (Wildman–Crippen MR) is 97.9 cm³/mol. The molecule has 0 aliphatic heterocycles. The maximum atomic E-state index is 8.99. The van der Waals surface area contributed by atoms with Crippen LogP contribution in [0.4, 0.5) is 0 Å². The first-order chi connectivity index (χ1) is 9.76. The Morgan fingerprint density at radius 1 is 1.43 bits per heavy atom. The molecule has 0 bridgehead atoms. The summed E-state index contributed by atoms with van der Waals surface area (Å²) in [4.78, 5) is 8.59. The molecule has 1 heterocycles. The molecular weight excluding hydrogens is 379 g/mol. The molecule has 1 unspecified atom stereocenters. The number of aliphatic hydroxyl groups excluding tert-OH is 1. The van der Waals surface area contributed by atoms with Crippen molar-refractivity contribution in [3.05, 3.63) is 30.1 Å². The first-order valence-corrected chi connectivity index (χ1v) is 7.30. The molecule has 0 spiro atoms. The van der Waals surface area contributed by atoms with Crippen molar-refractivity contribution in [2.75, 3.05) is 19.7 Å². The minimum atomic E-state index is 0. The van der Waals surface area contributed by atoms with Crippen LogP contribution in [0.3, 0.4) is 0 Å². The number of hydrogen-bond acceptors (Lipinski definition) is 3. The van der Waals surface area contributed by atoms with Crippen LogP contribution in [0.1, 0.15) is 31.9 Å². The summed E-state index contributed by atoms with van der Waals surface area (Å²) in [5.74, 6) is 0.890. The van der Waals surface area contributed by atoms with E-state index < -0.39 is 0 Å². The number of halogens is 1. The maximum absolute atomic E-state index is 8.99. The summed E-state index contributed by atoms with van der Waals surface area (Å²) in [6.45, 7) is 3.76.